The van der Waals surface area contributed by atoms with Gasteiger partial charge in [0, 0.05) is 22.0 Å². The van der Waals surface area contributed by atoms with Crippen molar-refractivity contribution in [3.63, 3.8) is 0 Å². The van der Waals surface area contributed by atoms with E-state index < -0.39 is 0 Å². The van der Waals surface area contributed by atoms with Crippen LogP contribution in [0.15, 0.2) is 109 Å². The highest BCUT2D eigenvalue weighted by Crippen LogP contribution is 2.32. The molecule has 1 aliphatic heterocycles. The third-order valence-electron chi connectivity index (χ3n) is 7.28. The molecule has 0 bridgehead atoms. The minimum atomic E-state index is -0.168. The summed E-state index contributed by atoms with van der Waals surface area (Å²) in [4.78, 5) is 29.3. The van der Waals surface area contributed by atoms with Gasteiger partial charge in [-0.3, -0.25) is 9.59 Å². The zero-order valence-electron chi connectivity index (χ0n) is 22.0. The van der Waals surface area contributed by atoms with E-state index in [0.717, 1.165) is 33.6 Å². The van der Waals surface area contributed by atoms with E-state index in [4.69, 9.17) is 16.3 Å². The number of benzene rings is 4. The second-order valence-corrected chi connectivity index (χ2v) is 10.3. The Morgan fingerprint density at radius 1 is 0.825 bits per heavy atom. The predicted molar refractivity (Wildman–Crippen MR) is 158 cm³/mol. The molecule has 1 aromatic heterocycles. The number of fused-ring (bicyclic) bond motifs is 2. The lowest BCUT2D eigenvalue weighted by atomic mass is 9.96. The number of aromatic nitrogens is 1. The number of anilines is 1. The summed E-state index contributed by atoms with van der Waals surface area (Å²) in [5.74, 6) is 0.400. The topological polar surface area (TPSA) is 51.5 Å². The molecule has 0 aliphatic carbocycles. The molecule has 0 atom stereocenters. The fourth-order valence-electron chi connectivity index (χ4n) is 5.26. The maximum Gasteiger partial charge on any atom is 0.265 e. The Morgan fingerprint density at radius 2 is 1.57 bits per heavy atom. The van der Waals surface area contributed by atoms with Gasteiger partial charge < -0.3 is 14.2 Å². The van der Waals surface area contributed by atoms with Crippen molar-refractivity contribution in [2.24, 2.45) is 0 Å². The third-order valence-corrected chi connectivity index (χ3v) is 7.52. The largest absolute Gasteiger partial charge is 0.483 e. The summed E-state index contributed by atoms with van der Waals surface area (Å²) in [5, 5.41) is 0.620. The SMILES string of the molecule is Cc1cc(Cl)ccc1OCC(=O)N1Cc2ccc(C(=O)c3ccccc3-c3ccccc3)n2Cc2ccccc21. The number of rotatable bonds is 6. The number of amides is 1. The maximum absolute atomic E-state index is 14.0. The first-order chi connectivity index (χ1) is 19.5. The Balaban J connectivity index is 1.32. The molecule has 0 unspecified atom stereocenters. The summed E-state index contributed by atoms with van der Waals surface area (Å²) in [6.45, 7) is 2.59. The molecule has 0 N–H and O–H groups in total. The summed E-state index contributed by atoms with van der Waals surface area (Å²) in [5.41, 5.74) is 6.64. The van der Waals surface area contributed by atoms with Crippen molar-refractivity contribution < 1.29 is 14.3 Å². The predicted octanol–water partition coefficient (Wildman–Crippen LogP) is 7.32. The van der Waals surface area contributed by atoms with Gasteiger partial charge in [0.05, 0.1) is 18.8 Å². The monoisotopic (exact) mass is 546 g/mol. The molecule has 0 saturated heterocycles. The summed E-state index contributed by atoms with van der Waals surface area (Å²) in [6.07, 6.45) is 0. The number of hydrogen-bond donors (Lipinski definition) is 0. The quantitative estimate of drug-likeness (QED) is 0.210. The van der Waals surface area contributed by atoms with Crippen molar-refractivity contribution in [1.82, 2.24) is 4.57 Å². The van der Waals surface area contributed by atoms with Crippen LogP contribution in [0, 0.1) is 6.92 Å². The molecular weight excluding hydrogens is 520 g/mol. The van der Waals surface area contributed by atoms with E-state index in [-0.39, 0.29) is 18.3 Å². The highest BCUT2D eigenvalue weighted by Gasteiger charge is 2.28. The molecule has 1 amide bonds. The third kappa shape index (κ3) is 4.92. The van der Waals surface area contributed by atoms with Crippen molar-refractivity contribution >= 4 is 29.0 Å². The van der Waals surface area contributed by atoms with Crippen LogP contribution in [-0.2, 0) is 17.9 Å². The minimum Gasteiger partial charge on any atom is -0.483 e. The van der Waals surface area contributed by atoms with Crippen LogP contribution < -0.4 is 9.64 Å². The average Bonchev–Trinajstić information content (AvgIpc) is 3.29. The molecule has 0 radical (unpaired) electrons. The summed E-state index contributed by atoms with van der Waals surface area (Å²) < 4.78 is 7.92. The Hall–Kier alpha value is -4.61. The summed E-state index contributed by atoms with van der Waals surface area (Å²) in [7, 11) is 0. The Morgan fingerprint density at radius 3 is 2.40 bits per heavy atom. The molecule has 0 spiro atoms. The molecule has 40 heavy (non-hydrogen) atoms. The second kappa shape index (κ2) is 10.9. The number of hydrogen-bond acceptors (Lipinski definition) is 3. The van der Waals surface area contributed by atoms with Gasteiger partial charge >= 0.3 is 0 Å². The minimum absolute atomic E-state index is 0.0514. The van der Waals surface area contributed by atoms with Crippen LogP contribution >= 0.6 is 11.6 Å². The van der Waals surface area contributed by atoms with Crippen molar-refractivity contribution in [1.29, 1.82) is 0 Å². The smallest absolute Gasteiger partial charge is 0.265 e. The first-order valence-electron chi connectivity index (χ1n) is 13.1. The number of halogens is 1. The fraction of sp³-hybridized carbons (Fsp3) is 0.118. The van der Waals surface area contributed by atoms with Crippen molar-refractivity contribution in [2.45, 2.75) is 20.0 Å². The number of carbonyl (C=O) groups excluding carboxylic acids is 2. The molecule has 0 fully saturated rings. The van der Waals surface area contributed by atoms with Gasteiger partial charge in [0.15, 0.2) is 6.61 Å². The lowest BCUT2D eigenvalue weighted by molar-refractivity contribution is -0.120. The zero-order valence-corrected chi connectivity index (χ0v) is 22.8. The first kappa shape index (κ1) is 25.7. The highest BCUT2D eigenvalue weighted by molar-refractivity contribution is 6.30. The van der Waals surface area contributed by atoms with E-state index >= 15 is 0 Å². The second-order valence-electron chi connectivity index (χ2n) is 9.84. The molecule has 4 aromatic carbocycles. The maximum atomic E-state index is 14.0. The van der Waals surface area contributed by atoms with Crippen LogP contribution in [0.25, 0.3) is 11.1 Å². The normalized spacial score (nSPS) is 12.3. The molecule has 5 aromatic rings. The molecule has 5 nitrogen and oxygen atoms in total. The Kier molecular flexibility index (Phi) is 6.97. The van der Waals surface area contributed by atoms with Gasteiger partial charge in [0.1, 0.15) is 5.75 Å². The zero-order chi connectivity index (χ0) is 27.6. The molecule has 1 aliphatic rings. The van der Waals surface area contributed by atoms with Crippen molar-refractivity contribution in [3.05, 3.63) is 142 Å². The van der Waals surface area contributed by atoms with Crippen LogP contribution in [0.2, 0.25) is 5.02 Å². The summed E-state index contributed by atoms with van der Waals surface area (Å²) in [6, 6.07) is 34.6. The van der Waals surface area contributed by atoms with Gasteiger partial charge in [-0.25, -0.2) is 0 Å². The number of nitrogens with zero attached hydrogens (tertiary/aromatic N) is 2. The number of aryl methyl sites for hydroxylation is 1. The lowest BCUT2D eigenvalue weighted by Crippen LogP contribution is -2.34. The molecule has 6 heteroatoms. The number of ketones is 1. The fourth-order valence-corrected chi connectivity index (χ4v) is 5.49. The molecule has 2 heterocycles. The number of para-hydroxylation sites is 1. The van der Waals surface area contributed by atoms with Gasteiger partial charge in [0.25, 0.3) is 5.91 Å². The van der Waals surface area contributed by atoms with Crippen LogP contribution in [0.1, 0.15) is 32.9 Å². The van der Waals surface area contributed by atoms with Crippen LogP contribution in [0.3, 0.4) is 0 Å². The average molecular weight is 547 g/mol. The van der Waals surface area contributed by atoms with E-state index in [1.54, 1.807) is 17.0 Å². The van der Waals surface area contributed by atoms with E-state index in [1.807, 2.05) is 109 Å². The molecule has 198 valence electrons. The van der Waals surface area contributed by atoms with Crippen LogP contribution in [0.5, 0.6) is 5.75 Å². The van der Waals surface area contributed by atoms with Gasteiger partial charge in [-0.05, 0) is 65.6 Å². The van der Waals surface area contributed by atoms with E-state index in [1.165, 1.54) is 0 Å². The van der Waals surface area contributed by atoms with Gasteiger partial charge in [-0.2, -0.15) is 0 Å². The van der Waals surface area contributed by atoms with E-state index in [9.17, 15) is 9.59 Å². The van der Waals surface area contributed by atoms with Gasteiger partial charge in [0.2, 0.25) is 5.78 Å². The van der Waals surface area contributed by atoms with Gasteiger partial charge in [-0.15, -0.1) is 0 Å². The van der Waals surface area contributed by atoms with E-state index in [2.05, 4.69) is 0 Å². The number of carbonyl (C=O) groups is 2. The van der Waals surface area contributed by atoms with Gasteiger partial charge in [-0.1, -0.05) is 84.4 Å². The van der Waals surface area contributed by atoms with Crippen molar-refractivity contribution in [3.8, 4) is 16.9 Å². The summed E-state index contributed by atoms with van der Waals surface area (Å²) >= 11 is 6.07. The van der Waals surface area contributed by atoms with E-state index in [0.29, 0.717) is 35.1 Å². The van der Waals surface area contributed by atoms with Crippen LogP contribution in [-0.4, -0.2) is 22.9 Å². The standard InChI is InChI=1S/C34H27ClN2O3/c1-23-19-26(35)15-18-32(23)40-22-33(38)37-21-27-16-17-31(36(27)20-25-11-5-8-14-30(25)37)34(39)29-13-7-6-12-28(29)24-9-3-2-4-10-24/h2-19H,20-22H2,1H3. The lowest BCUT2D eigenvalue weighted by Gasteiger charge is -2.23. The van der Waals surface area contributed by atoms with Crippen molar-refractivity contribution in [2.75, 3.05) is 11.5 Å². The molecule has 0 saturated carbocycles. The van der Waals surface area contributed by atoms with Crippen LogP contribution in [0.4, 0.5) is 5.69 Å². The molecule has 6 rings (SSSR count). The Bertz CT molecular complexity index is 1720. The molecular formula is C34H27ClN2O3. The first-order valence-corrected chi connectivity index (χ1v) is 13.5. The Labute approximate surface area is 238 Å². The highest BCUT2D eigenvalue weighted by atomic mass is 35.5. The number of ether oxygens (including phenoxy) is 1.